The molecule has 4 heterocycles. The number of hydrogen-bond acceptors (Lipinski definition) is 8. The van der Waals surface area contributed by atoms with Gasteiger partial charge in [-0.05, 0) is 63.4 Å². The van der Waals surface area contributed by atoms with E-state index >= 15 is 0 Å². The molecule has 0 radical (unpaired) electrons. The van der Waals surface area contributed by atoms with Crippen molar-refractivity contribution in [3.8, 4) is 5.88 Å². The summed E-state index contributed by atoms with van der Waals surface area (Å²) in [7, 11) is 0. The van der Waals surface area contributed by atoms with Crippen LogP contribution in [0.3, 0.4) is 0 Å². The highest BCUT2D eigenvalue weighted by atomic mass is 19.4. The van der Waals surface area contributed by atoms with Crippen LogP contribution in [0, 0.1) is 5.82 Å². The maximum absolute atomic E-state index is 14.2. The average molecular weight is 651 g/mol. The van der Waals surface area contributed by atoms with Gasteiger partial charge in [-0.1, -0.05) is 12.1 Å². The number of anilines is 1. The zero-order valence-corrected chi connectivity index (χ0v) is 26.6. The van der Waals surface area contributed by atoms with E-state index in [9.17, 15) is 27.2 Å². The number of nitrogens with zero attached hydrogens (tertiary/aromatic N) is 4. The van der Waals surface area contributed by atoms with E-state index in [1.807, 2.05) is 12.2 Å². The lowest BCUT2D eigenvalue weighted by atomic mass is 10.0. The third kappa shape index (κ3) is 8.14. The molecule has 14 heteroatoms. The van der Waals surface area contributed by atoms with Crippen molar-refractivity contribution in [1.29, 1.82) is 0 Å². The normalized spacial score (nSPS) is 25.9. The molecular weight excluding hydrogens is 608 g/mol. The molecule has 10 nitrogen and oxygen atoms in total. The van der Waals surface area contributed by atoms with Crippen molar-refractivity contribution >= 4 is 17.5 Å². The van der Waals surface area contributed by atoms with Crippen LogP contribution in [-0.2, 0) is 16.0 Å². The number of alkyl halides is 3. The second-order valence-corrected chi connectivity index (χ2v) is 12.7. The Labute approximate surface area is 266 Å². The number of carbonyl (C=O) groups is 2. The number of rotatable bonds is 8. The molecule has 2 aromatic rings. The van der Waals surface area contributed by atoms with Gasteiger partial charge in [0.05, 0.1) is 25.8 Å². The van der Waals surface area contributed by atoms with Gasteiger partial charge in [0.2, 0.25) is 11.8 Å². The van der Waals surface area contributed by atoms with Crippen molar-refractivity contribution in [2.24, 2.45) is 0 Å². The predicted octanol–water partition coefficient (Wildman–Crippen LogP) is 2.99. The van der Waals surface area contributed by atoms with Crippen LogP contribution in [0.15, 0.2) is 30.3 Å². The van der Waals surface area contributed by atoms with E-state index in [1.54, 1.807) is 11.0 Å². The molecule has 46 heavy (non-hydrogen) atoms. The molecule has 0 unspecified atom stereocenters. The number of fused-ring (bicyclic) bond motifs is 1. The molecule has 5 atom stereocenters. The maximum atomic E-state index is 14.2. The van der Waals surface area contributed by atoms with Crippen LogP contribution in [-0.4, -0.2) is 116 Å². The predicted molar refractivity (Wildman–Crippen MR) is 164 cm³/mol. The van der Waals surface area contributed by atoms with Crippen molar-refractivity contribution in [2.45, 2.75) is 70.5 Å². The van der Waals surface area contributed by atoms with E-state index in [0.29, 0.717) is 31.0 Å². The smallest absolute Gasteiger partial charge is 0.405 e. The number of nitrogens with one attached hydrogen (secondary N) is 2. The first-order valence-corrected chi connectivity index (χ1v) is 15.7. The summed E-state index contributed by atoms with van der Waals surface area (Å²) in [6.45, 7) is 10.4. The van der Waals surface area contributed by atoms with Crippen LogP contribution < -0.4 is 20.3 Å². The molecule has 0 bridgehead atoms. The number of hydrogen-bond donors (Lipinski definition) is 2. The van der Waals surface area contributed by atoms with Gasteiger partial charge in [0, 0.05) is 43.8 Å². The largest absolute Gasteiger partial charge is 0.474 e. The Hall–Kier alpha value is -3.33. The van der Waals surface area contributed by atoms with Crippen LogP contribution >= 0.6 is 0 Å². The first-order valence-electron chi connectivity index (χ1n) is 15.7. The molecule has 5 rings (SSSR count). The van der Waals surface area contributed by atoms with Crippen molar-refractivity contribution in [3.05, 3.63) is 53.0 Å². The molecular formula is C32H42F4N6O4. The quantitative estimate of drug-likeness (QED) is 0.421. The Bertz CT molecular complexity index is 1380. The number of pyridine rings is 1. The zero-order chi connectivity index (χ0) is 33.2. The van der Waals surface area contributed by atoms with Gasteiger partial charge in [-0.25, -0.2) is 9.37 Å². The number of benzene rings is 1. The lowest BCUT2D eigenvalue weighted by Gasteiger charge is -2.46. The van der Waals surface area contributed by atoms with Gasteiger partial charge >= 0.3 is 6.18 Å². The highest BCUT2D eigenvalue weighted by Crippen LogP contribution is 2.35. The summed E-state index contributed by atoms with van der Waals surface area (Å²) in [5, 5.41) is 5.42. The molecule has 2 amide bonds. The summed E-state index contributed by atoms with van der Waals surface area (Å²) in [6, 6.07) is 7.53. The molecule has 0 spiro atoms. The summed E-state index contributed by atoms with van der Waals surface area (Å²) in [6.07, 6.45) is -4.55. The number of amides is 2. The Morgan fingerprint density at radius 2 is 1.74 bits per heavy atom. The molecule has 1 aromatic carbocycles. The van der Waals surface area contributed by atoms with Gasteiger partial charge in [0.1, 0.15) is 30.4 Å². The van der Waals surface area contributed by atoms with Gasteiger partial charge in [0.25, 0.3) is 5.91 Å². The Morgan fingerprint density at radius 1 is 1.04 bits per heavy atom. The number of carbonyl (C=O) groups excluding carboxylic acids is 2. The monoisotopic (exact) mass is 650 g/mol. The van der Waals surface area contributed by atoms with Gasteiger partial charge < -0.3 is 25.0 Å². The fraction of sp³-hybridized carbons (Fsp3) is 0.594. The molecule has 0 saturated carbocycles. The van der Waals surface area contributed by atoms with Crippen LogP contribution in [0.1, 0.15) is 49.3 Å². The standard InChI is InChI=1S/C32H42F4N6O4/c1-19-12-40(26(11-37-19)13-41-20(2)15-45-16-21(41)3)14-28(43)42-22(4)17-46-31-27(42)10-24(9-23-5-7-25(33)8-6-23)29(39-31)30(44)38-18-32(34,35)36/h5-8,10,19-22,26,37H,9,11-18H2,1-4H3,(H,38,44)/t19-,20-,21-,22+,26-/m1/s1. The molecule has 0 aliphatic carbocycles. The summed E-state index contributed by atoms with van der Waals surface area (Å²) >= 11 is 0. The van der Waals surface area contributed by atoms with Gasteiger partial charge in [-0.2, -0.15) is 13.2 Å². The number of ether oxygens (including phenoxy) is 2. The van der Waals surface area contributed by atoms with Crippen LogP contribution in [0.25, 0.3) is 0 Å². The molecule has 3 aliphatic heterocycles. The lowest BCUT2D eigenvalue weighted by Crippen LogP contribution is -2.63. The molecule has 2 saturated heterocycles. The molecule has 1 aromatic heterocycles. The van der Waals surface area contributed by atoms with Crippen molar-refractivity contribution in [2.75, 3.05) is 57.4 Å². The van der Waals surface area contributed by atoms with Crippen molar-refractivity contribution in [3.63, 3.8) is 0 Å². The first kappa shape index (κ1) is 34.0. The summed E-state index contributed by atoms with van der Waals surface area (Å²) in [4.78, 5) is 37.7. The minimum atomic E-state index is -4.62. The third-order valence-corrected chi connectivity index (χ3v) is 8.79. The average Bonchev–Trinajstić information content (AvgIpc) is 2.99. The summed E-state index contributed by atoms with van der Waals surface area (Å²) < 4.78 is 63.9. The van der Waals surface area contributed by atoms with Crippen molar-refractivity contribution < 1.29 is 36.6 Å². The Balaban J connectivity index is 1.43. The SMILES string of the molecule is C[C@@H]1CN(CC(=O)N2c3cc(Cc4ccc(F)cc4)c(C(=O)NCC(F)(F)F)nc3OC[C@@H]2C)[C@@H](CN2[C@H](C)COC[C@H]2C)CN1. The van der Waals surface area contributed by atoms with Gasteiger partial charge in [0.15, 0.2) is 0 Å². The summed E-state index contributed by atoms with van der Waals surface area (Å²) in [5.41, 5.74) is 0.979. The van der Waals surface area contributed by atoms with Crippen LogP contribution in [0.2, 0.25) is 0 Å². The number of halogens is 4. The lowest BCUT2D eigenvalue weighted by molar-refractivity contribution is -0.123. The van der Waals surface area contributed by atoms with Crippen molar-refractivity contribution in [1.82, 2.24) is 25.4 Å². The highest BCUT2D eigenvalue weighted by molar-refractivity contribution is 5.99. The van der Waals surface area contributed by atoms with Crippen LogP contribution in [0.5, 0.6) is 5.88 Å². The van der Waals surface area contributed by atoms with E-state index in [0.717, 1.165) is 13.1 Å². The highest BCUT2D eigenvalue weighted by Gasteiger charge is 2.38. The zero-order valence-electron chi connectivity index (χ0n) is 26.6. The molecule has 2 N–H and O–H groups in total. The molecule has 2 fully saturated rings. The Morgan fingerprint density at radius 3 is 2.41 bits per heavy atom. The van der Waals surface area contributed by atoms with E-state index in [4.69, 9.17) is 9.47 Å². The Kier molecular flexibility index (Phi) is 10.5. The second-order valence-electron chi connectivity index (χ2n) is 12.7. The van der Waals surface area contributed by atoms with E-state index in [-0.39, 0.29) is 72.8 Å². The van der Waals surface area contributed by atoms with Gasteiger partial charge in [-0.3, -0.25) is 19.4 Å². The van der Waals surface area contributed by atoms with E-state index < -0.39 is 24.4 Å². The van der Waals surface area contributed by atoms with E-state index in [2.05, 4.69) is 40.9 Å². The minimum absolute atomic E-state index is 0.00680. The molecule has 252 valence electrons. The number of aromatic nitrogens is 1. The fourth-order valence-corrected chi connectivity index (χ4v) is 6.41. The fourth-order valence-electron chi connectivity index (χ4n) is 6.41. The van der Waals surface area contributed by atoms with Crippen LogP contribution in [0.4, 0.5) is 23.2 Å². The molecule has 3 aliphatic rings. The number of morpholine rings is 1. The second kappa shape index (κ2) is 14.2. The van der Waals surface area contributed by atoms with Gasteiger partial charge in [-0.15, -0.1) is 0 Å². The minimum Gasteiger partial charge on any atom is -0.474 e. The topological polar surface area (TPSA) is 99.3 Å². The first-order chi connectivity index (χ1) is 21.8. The third-order valence-electron chi connectivity index (χ3n) is 8.79. The van der Waals surface area contributed by atoms with E-state index in [1.165, 1.54) is 24.3 Å². The maximum Gasteiger partial charge on any atom is 0.405 e. The number of piperazine rings is 1. The summed E-state index contributed by atoms with van der Waals surface area (Å²) in [5.74, 6) is -1.66.